The summed E-state index contributed by atoms with van der Waals surface area (Å²) in [6.07, 6.45) is 1.49. The Morgan fingerprint density at radius 3 is 2.26 bits per heavy atom. The highest BCUT2D eigenvalue weighted by Gasteiger charge is 2.25. The fourth-order valence-corrected chi connectivity index (χ4v) is 1.99. The highest BCUT2D eigenvalue weighted by atomic mass is 16.7. The zero-order valence-corrected chi connectivity index (χ0v) is 13.6. The van der Waals surface area contributed by atoms with Crippen LogP contribution in [0.1, 0.15) is 38.1 Å². The Hall–Kier alpha value is -2.76. The van der Waals surface area contributed by atoms with Crippen molar-refractivity contribution in [2.75, 3.05) is 10.4 Å². The van der Waals surface area contributed by atoms with Crippen LogP contribution in [-0.2, 0) is 9.63 Å². The summed E-state index contributed by atoms with van der Waals surface area (Å²) >= 11 is 0. The van der Waals surface area contributed by atoms with Crippen LogP contribution in [0.15, 0.2) is 47.1 Å². The van der Waals surface area contributed by atoms with E-state index in [0.29, 0.717) is 17.1 Å². The van der Waals surface area contributed by atoms with Crippen LogP contribution in [-0.4, -0.2) is 17.4 Å². The molecule has 23 heavy (non-hydrogen) atoms. The molecule has 6 nitrogen and oxygen atoms in total. The predicted octanol–water partition coefficient (Wildman–Crippen LogP) is 3.61. The molecule has 0 fully saturated rings. The van der Waals surface area contributed by atoms with Crippen molar-refractivity contribution < 1.29 is 18.8 Å². The van der Waals surface area contributed by atoms with Crippen molar-refractivity contribution in [1.82, 2.24) is 0 Å². The van der Waals surface area contributed by atoms with Gasteiger partial charge in [-0.15, -0.1) is 0 Å². The number of rotatable bonds is 4. The van der Waals surface area contributed by atoms with Gasteiger partial charge in [-0.25, -0.2) is 5.06 Å². The van der Waals surface area contributed by atoms with E-state index < -0.39 is 11.5 Å². The van der Waals surface area contributed by atoms with Gasteiger partial charge in [-0.2, -0.15) is 0 Å². The molecule has 0 bridgehead atoms. The van der Waals surface area contributed by atoms with Crippen LogP contribution in [0.5, 0.6) is 0 Å². The number of furan rings is 1. The largest absolute Gasteiger partial charge is 0.449 e. The van der Waals surface area contributed by atoms with E-state index in [1.807, 2.05) is 20.8 Å². The van der Waals surface area contributed by atoms with Crippen molar-refractivity contribution in [1.29, 1.82) is 0 Å². The van der Waals surface area contributed by atoms with Crippen LogP contribution in [0.2, 0.25) is 0 Å². The van der Waals surface area contributed by atoms with E-state index in [1.54, 1.807) is 36.4 Å². The SMILES string of the molecule is CC(=O)ON(c1ccc(C(=O)Nc2ccco2)cc1)C(C)(C)C. The summed E-state index contributed by atoms with van der Waals surface area (Å²) in [5.74, 6) is -0.295. The maximum Gasteiger partial charge on any atom is 0.329 e. The van der Waals surface area contributed by atoms with Crippen LogP contribution in [0.25, 0.3) is 0 Å². The lowest BCUT2D eigenvalue weighted by atomic mass is 10.1. The van der Waals surface area contributed by atoms with E-state index in [2.05, 4.69) is 5.32 Å². The molecule has 0 saturated heterocycles. The molecule has 2 rings (SSSR count). The van der Waals surface area contributed by atoms with E-state index in [0.717, 1.165) is 0 Å². The molecule has 1 N–H and O–H groups in total. The first-order valence-electron chi connectivity index (χ1n) is 7.21. The van der Waals surface area contributed by atoms with Crippen LogP contribution >= 0.6 is 0 Å². The molecule has 0 aliphatic heterocycles. The average molecular weight is 316 g/mol. The number of carbonyl (C=O) groups is 2. The van der Waals surface area contributed by atoms with E-state index in [1.165, 1.54) is 18.3 Å². The van der Waals surface area contributed by atoms with Crippen molar-refractivity contribution in [3.63, 3.8) is 0 Å². The molecular weight excluding hydrogens is 296 g/mol. The van der Waals surface area contributed by atoms with E-state index in [-0.39, 0.29) is 5.91 Å². The van der Waals surface area contributed by atoms with Crippen LogP contribution in [0.4, 0.5) is 11.6 Å². The molecule has 2 aromatic rings. The molecule has 0 unspecified atom stereocenters. The molecule has 0 spiro atoms. The van der Waals surface area contributed by atoms with Crippen molar-refractivity contribution in [3.8, 4) is 0 Å². The van der Waals surface area contributed by atoms with Gasteiger partial charge in [-0.1, -0.05) is 0 Å². The number of nitrogens with one attached hydrogen (secondary N) is 1. The number of hydrogen-bond donors (Lipinski definition) is 1. The van der Waals surface area contributed by atoms with E-state index >= 15 is 0 Å². The molecule has 1 aromatic heterocycles. The number of nitrogens with zero attached hydrogens (tertiary/aromatic N) is 1. The van der Waals surface area contributed by atoms with Crippen molar-refractivity contribution in [2.24, 2.45) is 0 Å². The predicted molar refractivity (Wildman–Crippen MR) is 87.1 cm³/mol. The van der Waals surface area contributed by atoms with Gasteiger partial charge in [0.2, 0.25) is 0 Å². The Morgan fingerprint density at radius 2 is 1.78 bits per heavy atom. The summed E-state index contributed by atoms with van der Waals surface area (Å²) in [4.78, 5) is 28.7. The summed E-state index contributed by atoms with van der Waals surface area (Å²) in [5, 5.41) is 4.16. The molecule has 6 heteroatoms. The topological polar surface area (TPSA) is 71.8 Å². The quantitative estimate of drug-likeness (QED) is 0.872. The second-order valence-corrected chi connectivity index (χ2v) is 6.03. The fraction of sp³-hybridized carbons (Fsp3) is 0.294. The molecule has 0 aliphatic carbocycles. The Bertz CT molecular complexity index is 670. The smallest absolute Gasteiger partial charge is 0.329 e. The third-order valence-corrected chi connectivity index (χ3v) is 2.95. The maximum absolute atomic E-state index is 12.1. The van der Waals surface area contributed by atoms with Gasteiger partial charge >= 0.3 is 5.97 Å². The molecule has 0 radical (unpaired) electrons. The number of amides is 1. The average Bonchev–Trinajstić information content (AvgIpc) is 2.96. The van der Waals surface area contributed by atoms with Crippen molar-refractivity contribution in [2.45, 2.75) is 33.2 Å². The summed E-state index contributed by atoms with van der Waals surface area (Å²) < 4.78 is 5.08. The zero-order chi connectivity index (χ0) is 17.0. The first-order chi connectivity index (χ1) is 10.8. The molecule has 0 saturated carbocycles. The Labute approximate surface area is 135 Å². The Morgan fingerprint density at radius 1 is 1.13 bits per heavy atom. The lowest BCUT2D eigenvalue weighted by molar-refractivity contribution is -0.144. The normalized spacial score (nSPS) is 11.0. The minimum Gasteiger partial charge on any atom is -0.449 e. The molecule has 122 valence electrons. The summed E-state index contributed by atoms with van der Waals surface area (Å²) in [7, 11) is 0. The number of hydroxylamine groups is 1. The van der Waals surface area contributed by atoms with Gasteiger partial charge in [0, 0.05) is 18.6 Å². The van der Waals surface area contributed by atoms with Gasteiger partial charge < -0.3 is 9.25 Å². The lowest BCUT2D eigenvalue weighted by Crippen LogP contribution is -2.42. The van der Waals surface area contributed by atoms with Crippen molar-refractivity contribution >= 4 is 23.4 Å². The highest BCUT2D eigenvalue weighted by molar-refractivity contribution is 6.03. The molecule has 1 aromatic carbocycles. The van der Waals surface area contributed by atoms with Gasteiger partial charge in [-0.3, -0.25) is 14.9 Å². The second kappa shape index (κ2) is 6.56. The van der Waals surface area contributed by atoms with Gasteiger partial charge in [0.15, 0.2) is 5.88 Å². The minimum absolute atomic E-state index is 0.277. The zero-order valence-electron chi connectivity index (χ0n) is 13.6. The van der Waals surface area contributed by atoms with Crippen LogP contribution < -0.4 is 10.4 Å². The number of benzene rings is 1. The van der Waals surface area contributed by atoms with Crippen molar-refractivity contribution in [3.05, 3.63) is 48.2 Å². The molecule has 1 heterocycles. The minimum atomic E-state index is -0.413. The molecular formula is C17H20N2O4. The van der Waals surface area contributed by atoms with E-state index in [4.69, 9.17) is 9.25 Å². The maximum atomic E-state index is 12.1. The standard InChI is InChI=1S/C17H20N2O4/c1-12(20)23-19(17(2,3)4)14-9-7-13(8-10-14)16(21)18-15-6-5-11-22-15/h5-11H,1-4H3,(H,18,21). The third-order valence-electron chi connectivity index (χ3n) is 2.95. The summed E-state index contributed by atoms with van der Waals surface area (Å²) in [6, 6.07) is 10.1. The molecule has 1 amide bonds. The molecule has 0 aliphatic rings. The first-order valence-corrected chi connectivity index (χ1v) is 7.21. The van der Waals surface area contributed by atoms with Gasteiger partial charge in [0.25, 0.3) is 5.91 Å². The fourth-order valence-electron chi connectivity index (χ4n) is 1.99. The number of carbonyl (C=O) groups excluding carboxylic acids is 2. The molecule has 0 atom stereocenters. The first kappa shape index (κ1) is 16.6. The van der Waals surface area contributed by atoms with Crippen LogP contribution in [0, 0.1) is 0 Å². The van der Waals surface area contributed by atoms with Crippen LogP contribution in [0.3, 0.4) is 0 Å². The summed E-state index contributed by atoms with van der Waals surface area (Å²) in [6.45, 7) is 7.12. The van der Waals surface area contributed by atoms with Gasteiger partial charge in [0.05, 0.1) is 17.5 Å². The highest BCUT2D eigenvalue weighted by Crippen LogP contribution is 2.25. The van der Waals surface area contributed by atoms with E-state index in [9.17, 15) is 9.59 Å². The number of anilines is 2. The second-order valence-electron chi connectivity index (χ2n) is 6.03. The Balaban J connectivity index is 2.16. The van der Waals surface area contributed by atoms with Gasteiger partial charge in [0.1, 0.15) is 0 Å². The summed E-state index contributed by atoms with van der Waals surface area (Å²) in [5.41, 5.74) is 0.743. The monoisotopic (exact) mass is 316 g/mol. The lowest BCUT2D eigenvalue weighted by Gasteiger charge is -2.34. The third kappa shape index (κ3) is 4.35. The number of hydrogen-bond acceptors (Lipinski definition) is 5. The Kier molecular flexibility index (Phi) is 4.74. The van der Waals surface area contributed by atoms with Gasteiger partial charge in [-0.05, 0) is 51.1 Å².